The number of fused-ring (bicyclic) bond motifs is 1. The number of rotatable bonds is 8. The normalized spacial score (nSPS) is 10.3. The number of carbonyl (C=O) groups is 1. The molecule has 4 rings (SSSR count). The minimum atomic E-state index is -0.842. The van der Waals surface area contributed by atoms with Crippen LogP contribution in [0.25, 0.3) is 11.0 Å². The first kappa shape index (κ1) is 25.3. The summed E-state index contributed by atoms with van der Waals surface area (Å²) in [7, 11) is 1.56. The maximum Gasteiger partial charge on any atom is 0.198 e. The molecule has 0 amide bonds. The number of aromatic nitrogens is 3. The van der Waals surface area contributed by atoms with E-state index >= 15 is 0 Å². The second kappa shape index (κ2) is 12.3. The molecule has 0 spiro atoms. The van der Waals surface area contributed by atoms with Crippen LogP contribution >= 0.6 is 0 Å². The summed E-state index contributed by atoms with van der Waals surface area (Å²) >= 11 is 0. The van der Waals surface area contributed by atoms with E-state index in [0.717, 1.165) is 18.2 Å². The SMILES string of the molecule is CNc1cc(F)c(Oc2ccnc3cc(OCCCF)cnc23)c(F)c1.O=Cc1cnccc1F. The highest BCUT2D eigenvalue weighted by Gasteiger charge is 2.16. The van der Waals surface area contributed by atoms with Gasteiger partial charge in [0.1, 0.15) is 17.1 Å². The van der Waals surface area contributed by atoms with Crippen LogP contribution in [0.1, 0.15) is 16.8 Å². The number of hydrogen-bond acceptors (Lipinski definition) is 7. The number of carbonyl (C=O) groups excluding carboxylic acids is 1. The minimum Gasteiger partial charge on any atom is -0.492 e. The fourth-order valence-corrected chi connectivity index (χ4v) is 2.78. The van der Waals surface area contributed by atoms with Gasteiger partial charge < -0.3 is 14.8 Å². The molecule has 7 nitrogen and oxygen atoms in total. The average Bonchev–Trinajstić information content (AvgIpc) is 2.87. The number of halogens is 4. The number of benzene rings is 1. The molecule has 35 heavy (non-hydrogen) atoms. The Hall–Kier alpha value is -4.28. The first-order valence-corrected chi connectivity index (χ1v) is 10.3. The van der Waals surface area contributed by atoms with Gasteiger partial charge in [0, 0.05) is 62.0 Å². The molecule has 0 fully saturated rings. The van der Waals surface area contributed by atoms with Crippen LogP contribution in [0.5, 0.6) is 17.2 Å². The number of nitrogens with one attached hydrogen (secondary N) is 1. The van der Waals surface area contributed by atoms with Crippen LogP contribution in [0, 0.1) is 17.5 Å². The summed E-state index contributed by atoms with van der Waals surface area (Å²) in [5.41, 5.74) is 1.03. The Morgan fingerprint density at radius 2 is 1.77 bits per heavy atom. The zero-order valence-corrected chi connectivity index (χ0v) is 18.5. The van der Waals surface area contributed by atoms with E-state index in [0.29, 0.717) is 28.8 Å². The summed E-state index contributed by atoms with van der Waals surface area (Å²) in [5, 5.41) is 2.66. The highest BCUT2D eigenvalue weighted by atomic mass is 19.1. The van der Waals surface area contributed by atoms with Gasteiger partial charge in [-0.1, -0.05) is 0 Å². The van der Waals surface area contributed by atoms with Crippen LogP contribution in [0.15, 0.2) is 55.1 Å². The molecule has 0 atom stereocenters. The summed E-state index contributed by atoms with van der Waals surface area (Å²) in [6.45, 7) is -0.255. The predicted molar refractivity (Wildman–Crippen MR) is 121 cm³/mol. The lowest BCUT2D eigenvalue weighted by atomic mass is 10.2. The van der Waals surface area contributed by atoms with Gasteiger partial charge in [-0.05, 0) is 6.07 Å². The molecule has 0 bridgehead atoms. The molecule has 0 radical (unpaired) electrons. The van der Waals surface area contributed by atoms with Crippen molar-refractivity contribution in [3.05, 3.63) is 78.1 Å². The highest BCUT2D eigenvalue weighted by Crippen LogP contribution is 2.33. The number of aldehydes is 1. The topological polar surface area (TPSA) is 86.2 Å². The molecule has 3 heterocycles. The monoisotopic (exact) mass is 488 g/mol. The number of anilines is 1. The van der Waals surface area contributed by atoms with Gasteiger partial charge in [0.25, 0.3) is 0 Å². The van der Waals surface area contributed by atoms with Crippen molar-refractivity contribution in [2.24, 2.45) is 0 Å². The van der Waals surface area contributed by atoms with Crippen molar-refractivity contribution in [3.63, 3.8) is 0 Å². The van der Waals surface area contributed by atoms with Gasteiger partial charge in [-0.25, -0.2) is 18.2 Å². The molecule has 0 unspecified atom stereocenters. The maximum absolute atomic E-state index is 14.1. The Morgan fingerprint density at radius 3 is 2.40 bits per heavy atom. The third kappa shape index (κ3) is 6.62. The first-order valence-electron chi connectivity index (χ1n) is 10.3. The third-order valence-corrected chi connectivity index (χ3v) is 4.48. The van der Waals surface area contributed by atoms with Gasteiger partial charge in [-0.2, -0.15) is 0 Å². The van der Waals surface area contributed by atoms with E-state index < -0.39 is 29.9 Å². The quantitative estimate of drug-likeness (QED) is 0.199. The van der Waals surface area contributed by atoms with Crippen molar-refractivity contribution >= 4 is 23.0 Å². The number of nitrogens with zero attached hydrogens (tertiary/aromatic N) is 3. The Bertz CT molecular complexity index is 1280. The standard InChI is InChI=1S/C18H16F3N3O2.C6H4FNO/c1-22-11-7-13(20)18(14(21)8-11)26-16-3-5-23-15-9-12(10-24-17(15)16)25-6-2-4-19;7-6-1-2-8-3-5(6)4-9/h3,5,7-10,22H,2,4,6H2,1H3;1-4H. The summed E-state index contributed by atoms with van der Waals surface area (Å²) in [6.07, 6.45) is 6.04. The Kier molecular flexibility index (Phi) is 8.88. The van der Waals surface area contributed by atoms with Crippen molar-refractivity contribution in [2.45, 2.75) is 6.42 Å². The largest absolute Gasteiger partial charge is 0.492 e. The number of alkyl halides is 1. The van der Waals surface area contributed by atoms with E-state index in [1.807, 2.05) is 0 Å². The molecular weight excluding hydrogens is 468 g/mol. The molecule has 0 aliphatic heterocycles. The second-order valence-electron chi connectivity index (χ2n) is 6.87. The van der Waals surface area contributed by atoms with Gasteiger partial charge in [-0.15, -0.1) is 0 Å². The van der Waals surface area contributed by atoms with Gasteiger partial charge in [0.2, 0.25) is 0 Å². The summed E-state index contributed by atoms with van der Waals surface area (Å²) in [5.74, 6) is -2.16. The Balaban J connectivity index is 0.000000320. The molecule has 182 valence electrons. The lowest BCUT2D eigenvalue weighted by Crippen LogP contribution is -2.00. The minimum absolute atomic E-state index is 0.00231. The van der Waals surface area contributed by atoms with E-state index in [-0.39, 0.29) is 24.3 Å². The maximum atomic E-state index is 14.1. The van der Waals surface area contributed by atoms with E-state index in [9.17, 15) is 22.4 Å². The first-order chi connectivity index (χ1) is 17.0. The predicted octanol–water partition coefficient (Wildman–Crippen LogP) is 5.51. The fraction of sp³-hybridized carbons (Fsp3) is 0.167. The Labute approximate surface area is 197 Å². The number of hydrogen-bond donors (Lipinski definition) is 1. The van der Waals surface area contributed by atoms with Crippen LogP contribution in [0.3, 0.4) is 0 Å². The van der Waals surface area contributed by atoms with Crippen molar-refractivity contribution in [2.75, 3.05) is 25.6 Å². The molecule has 0 aliphatic rings. The van der Waals surface area contributed by atoms with E-state index in [2.05, 4.69) is 20.3 Å². The molecule has 3 aromatic heterocycles. The molecular formula is C24H20F4N4O3. The Morgan fingerprint density at radius 1 is 1.00 bits per heavy atom. The molecule has 0 saturated carbocycles. The fourth-order valence-electron chi connectivity index (χ4n) is 2.78. The van der Waals surface area contributed by atoms with Crippen LogP contribution < -0.4 is 14.8 Å². The molecule has 0 saturated heterocycles. The third-order valence-electron chi connectivity index (χ3n) is 4.48. The van der Waals surface area contributed by atoms with E-state index in [4.69, 9.17) is 9.47 Å². The second-order valence-corrected chi connectivity index (χ2v) is 6.87. The van der Waals surface area contributed by atoms with Crippen molar-refractivity contribution < 1.29 is 31.8 Å². The lowest BCUT2D eigenvalue weighted by Gasteiger charge is -2.11. The summed E-state index contributed by atoms with van der Waals surface area (Å²) in [4.78, 5) is 21.8. The molecule has 1 N–H and O–H groups in total. The highest BCUT2D eigenvalue weighted by molar-refractivity contribution is 5.81. The zero-order chi connectivity index (χ0) is 25.2. The summed E-state index contributed by atoms with van der Waals surface area (Å²) < 4.78 is 63.5. The van der Waals surface area contributed by atoms with Crippen LogP contribution in [0.4, 0.5) is 23.2 Å². The van der Waals surface area contributed by atoms with Crippen LogP contribution in [0.2, 0.25) is 0 Å². The average molecular weight is 488 g/mol. The number of pyridine rings is 3. The number of ether oxygens (including phenoxy) is 2. The van der Waals surface area contributed by atoms with Crippen LogP contribution in [-0.4, -0.2) is 41.6 Å². The molecule has 11 heteroatoms. The molecule has 4 aromatic rings. The van der Waals surface area contributed by atoms with Crippen LogP contribution in [-0.2, 0) is 0 Å². The molecule has 1 aromatic carbocycles. The lowest BCUT2D eigenvalue weighted by molar-refractivity contribution is 0.111. The van der Waals surface area contributed by atoms with Crippen molar-refractivity contribution in [3.8, 4) is 17.2 Å². The van der Waals surface area contributed by atoms with E-state index in [1.54, 1.807) is 13.1 Å². The zero-order valence-electron chi connectivity index (χ0n) is 18.5. The smallest absolute Gasteiger partial charge is 0.198 e. The van der Waals surface area contributed by atoms with Gasteiger partial charge >= 0.3 is 0 Å². The van der Waals surface area contributed by atoms with Crippen molar-refractivity contribution in [1.82, 2.24) is 15.0 Å². The van der Waals surface area contributed by atoms with Gasteiger partial charge in [0.15, 0.2) is 29.4 Å². The van der Waals surface area contributed by atoms with Crippen molar-refractivity contribution in [1.29, 1.82) is 0 Å². The van der Waals surface area contributed by atoms with Gasteiger partial charge in [0.05, 0.1) is 30.6 Å². The van der Waals surface area contributed by atoms with Gasteiger partial charge in [-0.3, -0.25) is 19.2 Å². The molecule has 0 aliphatic carbocycles. The summed E-state index contributed by atoms with van der Waals surface area (Å²) in [6, 6.07) is 6.47. The van der Waals surface area contributed by atoms with E-state index in [1.165, 1.54) is 30.9 Å².